The standard InChI is InChI=1S/C19H22N2O6S/c1-21(14-8-10-28(24,25)13-14)18(22)12-27-19(23)16-6-2-3-7-17(16)20-11-15-5-4-9-26-15/h2-7,9,14,20H,8,10-13H2,1H3/t14-/m1/s1. The van der Waals surface area contributed by atoms with Crippen molar-refractivity contribution in [2.45, 2.75) is 19.0 Å². The largest absolute Gasteiger partial charge is 0.467 e. The van der Waals surface area contributed by atoms with E-state index in [2.05, 4.69) is 5.32 Å². The number of sulfone groups is 1. The van der Waals surface area contributed by atoms with Crippen molar-refractivity contribution in [3.05, 3.63) is 54.0 Å². The molecule has 150 valence electrons. The van der Waals surface area contributed by atoms with Gasteiger partial charge in [-0.25, -0.2) is 13.2 Å². The fraction of sp³-hybridized carbons (Fsp3) is 0.368. The third-order valence-corrected chi connectivity index (χ3v) is 6.41. The Morgan fingerprint density at radius 3 is 2.71 bits per heavy atom. The van der Waals surface area contributed by atoms with Gasteiger partial charge in [0.25, 0.3) is 5.91 Å². The lowest BCUT2D eigenvalue weighted by atomic mass is 10.2. The minimum Gasteiger partial charge on any atom is -0.467 e. The normalized spacial score (nSPS) is 17.8. The Balaban J connectivity index is 1.56. The number of carbonyl (C=O) groups excluding carboxylic acids is 2. The summed E-state index contributed by atoms with van der Waals surface area (Å²) in [4.78, 5) is 26.0. The third kappa shape index (κ3) is 4.92. The average Bonchev–Trinajstić information content (AvgIpc) is 3.33. The van der Waals surface area contributed by atoms with Crippen LogP contribution in [0, 0.1) is 0 Å². The minimum atomic E-state index is -3.10. The Morgan fingerprint density at radius 1 is 1.25 bits per heavy atom. The summed E-state index contributed by atoms with van der Waals surface area (Å²) in [5.41, 5.74) is 0.861. The second kappa shape index (κ2) is 8.47. The fourth-order valence-corrected chi connectivity index (χ4v) is 4.78. The number of carbonyl (C=O) groups is 2. The highest BCUT2D eigenvalue weighted by Crippen LogP contribution is 2.19. The molecule has 0 radical (unpaired) electrons. The van der Waals surface area contributed by atoms with Crippen LogP contribution >= 0.6 is 0 Å². The van der Waals surface area contributed by atoms with Crippen molar-refractivity contribution in [2.24, 2.45) is 0 Å². The Labute approximate surface area is 163 Å². The van der Waals surface area contributed by atoms with Crippen molar-refractivity contribution in [1.82, 2.24) is 4.90 Å². The van der Waals surface area contributed by atoms with Gasteiger partial charge in [-0.1, -0.05) is 12.1 Å². The van der Waals surface area contributed by atoms with Crippen LogP contribution in [0.25, 0.3) is 0 Å². The number of amides is 1. The molecule has 1 aliphatic rings. The molecule has 1 atom stereocenters. The number of hydrogen-bond acceptors (Lipinski definition) is 7. The molecule has 1 N–H and O–H groups in total. The van der Waals surface area contributed by atoms with E-state index in [0.717, 1.165) is 0 Å². The lowest BCUT2D eigenvalue weighted by molar-refractivity contribution is -0.134. The second-order valence-corrected chi connectivity index (χ2v) is 8.84. The summed E-state index contributed by atoms with van der Waals surface area (Å²) >= 11 is 0. The van der Waals surface area contributed by atoms with E-state index in [1.165, 1.54) is 11.9 Å². The number of para-hydroxylation sites is 1. The number of hydrogen-bond donors (Lipinski definition) is 1. The average molecular weight is 406 g/mol. The molecule has 1 aromatic carbocycles. The molecule has 28 heavy (non-hydrogen) atoms. The molecule has 0 spiro atoms. The van der Waals surface area contributed by atoms with Gasteiger partial charge in [0, 0.05) is 18.8 Å². The summed E-state index contributed by atoms with van der Waals surface area (Å²) < 4.78 is 33.5. The molecule has 8 nitrogen and oxygen atoms in total. The topological polar surface area (TPSA) is 106 Å². The van der Waals surface area contributed by atoms with Crippen LogP contribution in [0.4, 0.5) is 5.69 Å². The lowest BCUT2D eigenvalue weighted by Crippen LogP contribution is -2.40. The highest BCUT2D eigenvalue weighted by Gasteiger charge is 2.33. The van der Waals surface area contributed by atoms with Crippen molar-refractivity contribution in [1.29, 1.82) is 0 Å². The maximum Gasteiger partial charge on any atom is 0.340 e. The Hall–Kier alpha value is -2.81. The summed E-state index contributed by atoms with van der Waals surface area (Å²) in [5, 5.41) is 3.10. The van der Waals surface area contributed by atoms with Gasteiger partial charge in [0.2, 0.25) is 0 Å². The Kier molecular flexibility index (Phi) is 6.03. The van der Waals surface area contributed by atoms with Crippen LogP contribution in [0.15, 0.2) is 47.1 Å². The number of nitrogens with zero attached hydrogens (tertiary/aromatic N) is 1. The zero-order chi connectivity index (χ0) is 20.1. The number of furan rings is 1. The van der Waals surface area contributed by atoms with E-state index in [-0.39, 0.29) is 17.5 Å². The van der Waals surface area contributed by atoms with Gasteiger partial charge >= 0.3 is 5.97 Å². The van der Waals surface area contributed by atoms with Crippen LogP contribution in [-0.4, -0.2) is 56.4 Å². The molecule has 1 saturated heterocycles. The summed E-state index contributed by atoms with van der Waals surface area (Å²) in [6.07, 6.45) is 1.97. The predicted octanol–water partition coefficient (Wildman–Crippen LogP) is 1.69. The van der Waals surface area contributed by atoms with Crippen molar-refractivity contribution >= 4 is 27.4 Å². The van der Waals surface area contributed by atoms with Crippen molar-refractivity contribution in [3.8, 4) is 0 Å². The zero-order valence-corrected chi connectivity index (χ0v) is 16.3. The van der Waals surface area contributed by atoms with E-state index in [1.54, 1.807) is 36.6 Å². The van der Waals surface area contributed by atoms with Crippen LogP contribution in [-0.2, 0) is 25.9 Å². The van der Waals surface area contributed by atoms with E-state index in [0.29, 0.717) is 30.0 Å². The molecular weight excluding hydrogens is 384 g/mol. The van der Waals surface area contributed by atoms with Crippen LogP contribution in [0.5, 0.6) is 0 Å². The highest BCUT2D eigenvalue weighted by molar-refractivity contribution is 7.91. The summed E-state index contributed by atoms with van der Waals surface area (Å²) in [6, 6.07) is 10.0. The van der Waals surface area contributed by atoms with E-state index in [4.69, 9.17) is 9.15 Å². The number of ether oxygens (including phenoxy) is 1. The molecule has 1 aliphatic heterocycles. The van der Waals surface area contributed by atoms with Crippen molar-refractivity contribution in [2.75, 3.05) is 30.5 Å². The molecule has 9 heteroatoms. The van der Waals surface area contributed by atoms with Gasteiger partial charge in [-0.15, -0.1) is 0 Å². The van der Waals surface area contributed by atoms with Crippen molar-refractivity contribution < 1.29 is 27.2 Å². The summed E-state index contributed by atoms with van der Waals surface area (Å²) in [5.74, 6) is -0.335. The summed E-state index contributed by atoms with van der Waals surface area (Å²) in [7, 11) is -1.57. The van der Waals surface area contributed by atoms with E-state index >= 15 is 0 Å². The number of benzene rings is 1. The monoisotopic (exact) mass is 406 g/mol. The number of likely N-dealkylation sites (N-methyl/N-ethyl adjacent to an activating group) is 1. The fourth-order valence-electron chi connectivity index (χ4n) is 3.00. The Bertz CT molecular complexity index is 939. The number of rotatable bonds is 7. The zero-order valence-electron chi connectivity index (χ0n) is 15.5. The maximum atomic E-state index is 12.4. The molecule has 1 fully saturated rings. The lowest BCUT2D eigenvalue weighted by Gasteiger charge is -2.23. The number of esters is 1. The van der Waals surface area contributed by atoms with Gasteiger partial charge in [0.15, 0.2) is 16.4 Å². The van der Waals surface area contributed by atoms with Gasteiger partial charge in [-0.3, -0.25) is 4.79 Å². The first kappa shape index (κ1) is 19.9. The molecular formula is C19H22N2O6S. The molecule has 2 aromatic rings. The number of anilines is 1. The maximum absolute atomic E-state index is 12.4. The van der Waals surface area contributed by atoms with Gasteiger partial charge < -0.3 is 19.4 Å². The van der Waals surface area contributed by atoms with Gasteiger partial charge in [0.05, 0.1) is 29.9 Å². The van der Waals surface area contributed by atoms with Crippen LogP contribution in [0.1, 0.15) is 22.5 Å². The van der Waals surface area contributed by atoms with Gasteiger partial charge in [-0.2, -0.15) is 0 Å². The van der Waals surface area contributed by atoms with E-state index in [1.807, 2.05) is 6.07 Å². The first-order chi connectivity index (χ1) is 13.4. The molecule has 1 amide bonds. The predicted molar refractivity (Wildman–Crippen MR) is 103 cm³/mol. The molecule has 0 saturated carbocycles. The number of nitrogens with one attached hydrogen (secondary N) is 1. The van der Waals surface area contributed by atoms with Crippen LogP contribution in [0.3, 0.4) is 0 Å². The van der Waals surface area contributed by atoms with Crippen molar-refractivity contribution in [3.63, 3.8) is 0 Å². The Morgan fingerprint density at radius 2 is 2.04 bits per heavy atom. The highest BCUT2D eigenvalue weighted by atomic mass is 32.2. The summed E-state index contributed by atoms with van der Waals surface area (Å²) in [6.45, 7) is -0.0481. The van der Waals surface area contributed by atoms with E-state index < -0.39 is 28.3 Å². The van der Waals surface area contributed by atoms with Gasteiger partial charge in [0.1, 0.15) is 5.76 Å². The first-order valence-electron chi connectivity index (χ1n) is 8.84. The van der Waals surface area contributed by atoms with E-state index in [9.17, 15) is 18.0 Å². The SMILES string of the molecule is CN(C(=O)COC(=O)c1ccccc1NCc1ccco1)[C@@H]1CCS(=O)(=O)C1. The molecule has 0 bridgehead atoms. The molecule has 2 heterocycles. The molecule has 1 aromatic heterocycles. The first-order valence-corrected chi connectivity index (χ1v) is 10.7. The van der Waals surface area contributed by atoms with Crippen LogP contribution < -0.4 is 5.32 Å². The smallest absolute Gasteiger partial charge is 0.340 e. The minimum absolute atomic E-state index is 0.0529. The third-order valence-electron chi connectivity index (χ3n) is 4.66. The molecule has 0 unspecified atom stereocenters. The van der Waals surface area contributed by atoms with Crippen LogP contribution in [0.2, 0.25) is 0 Å². The second-order valence-electron chi connectivity index (χ2n) is 6.62. The molecule has 0 aliphatic carbocycles. The quantitative estimate of drug-likeness (QED) is 0.698. The van der Waals surface area contributed by atoms with Gasteiger partial charge in [-0.05, 0) is 30.7 Å². The molecule has 3 rings (SSSR count).